The predicted molar refractivity (Wildman–Crippen MR) is 107 cm³/mol. The summed E-state index contributed by atoms with van der Waals surface area (Å²) in [6.07, 6.45) is 2.48. The molecule has 0 aliphatic heterocycles. The average Bonchev–Trinajstić information content (AvgIpc) is 2.73. The second kappa shape index (κ2) is 9.38. The maximum absolute atomic E-state index is 12.4. The van der Waals surface area contributed by atoms with Crippen LogP contribution in [0.2, 0.25) is 0 Å². The van der Waals surface area contributed by atoms with Crippen LogP contribution in [0, 0.1) is 0 Å². The number of pyridine rings is 1. The Morgan fingerprint density at radius 2 is 1.81 bits per heavy atom. The van der Waals surface area contributed by atoms with Gasteiger partial charge in [0, 0.05) is 24.8 Å². The van der Waals surface area contributed by atoms with E-state index in [-0.39, 0.29) is 5.91 Å². The number of nitrogens with one attached hydrogen (secondary N) is 2. The number of aromatic nitrogens is 1. The molecule has 0 fully saturated rings. The van der Waals surface area contributed by atoms with Crippen LogP contribution in [0.3, 0.4) is 0 Å². The zero-order chi connectivity index (χ0) is 18.9. The second-order valence-corrected chi connectivity index (χ2v) is 6.13. The lowest BCUT2D eigenvalue weighted by atomic mass is 10.1. The first-order valence-electron chi connectivity index (χ1n) is 8.89. The highest BCUT2D eigenvalue weighted by atomic mass is 16.5. The third kappa shape index (κ3) is 5.57. The summed E-state index contributed by atoms with van der Waals surface area (Å²) in [4.78, 5) is 16.6. The standard InChI is InChI=1S/C22H23N3O2/c1-27-20-9-5-8-17(14-20)10-12-23-21-15-19(11-13-24-21)22(26)25-16-18-6-3-2-4-7-18/h2-9,11,13-15H,10,12,16H2,1H3,(H,23,24)(H,25,26). The zero-order valence-corrected chi connectivity index (χ0v) is 15.3. The quantitative estimate of drug-likeness (QED) is 0.642. The Morgan fingerprint density at radius 3 is 2.63 bits per heavy atom. The average molecular weight is 361 g/mol. The largest absolute Gasteiger partial charge is 0.497 e. The molecule has 0 saturated heterocycles. The zero-order valence-electron chi connectivity index (χ0n) is 15.3. The molecule has 0 bridgehead atoms. The van der Waals surface area contributed by atoms with Gasteiger partial charge in [-0.1, -0.05) is 42.5 Å². The van der Waals surface area contributed by atoms with Crippen molar-refractivity contribution < 1.29 is 9.53 Å². The van der Waals surface area contributed by atoms with Crippen molar-refractivity contribution in [1.29, 1.82) is 0 Å². The van der Waals surface area contributed by atoms with E-state index in [4.69, 9.17) is 4.74 Å². The minimum Gasteiger partial charge on any atom is -0.497 e. The summed E-state index contributed by atoms with van der Waals surface area (Å²) in [5.41, 5.74) is 2.83. The summed E-state index contributed by atoms with van der Waals surface area (Å²) in [6.45, 7) is 1.22. The van der Waals surface area contributed by atoms with Crippen LogP contribution in [0.5, 0.6) is 5.75 Å². The van der Waals surface area contributed by atoms with Crippen molar-refractivity contribution in [3.63, 3.8) is 0 Å². The topological polar surface area (TPSA) is 63.2 Å². The van der Waals surface area contributed by atoms with Gasteiger partial charge < -0.3 is 15.4 Å². The first kappa shape index (κ1) is 18.5. The van der Waals surface area contributed by atoms with E-state index in [2.05, 4.69) is 21.7 Å². The number of carbonyl (C=O) groups excluding carboxylic acids is 1. The van der Waals surface area contributed by atoms with E-state index in [9.17, 15) is 4.79 Å². The summed E-state index contributed by atoms with van der Waals surface area (Å²) >= 11 is 0. The highest BCUT2D eigenvalue weighted by Gasteiger charge is 2.07. The Balaban J connectivity index is 1.52. The second-order valence-electron chi connectivity index (χ2n) is 6.13. The molecule has 3 rings (SSSR count). The number of nitrogens with zero attached hydrogens (tertiary/aromatic N) is 1. The molecule has 0 unspecified atom stereocenters. The first-order chi connectivity index (χ1) is 13.2. The molecule has 1 aromatic heterocycles. The molecule has 138 valence electrons. The highest BCUT2D eigenvalue weighted by molar-refractivity contribution is 5.94. The van der Waals surface area contributed by atoms with E-state index < -0.39 is 0 Å². The molecular formula is C22H23N3O2. The SMILES string of the molecule is COc1cccc(CCNc2cc(C(=O)NCc3ccccc3)ccn2)c1. The lowest BCUT2D eigenvalue weighted by Gasteiger charge is -2.09. The number of hydrogen-bond acceptors (Lipinski definition) is 4. The summed E-state index contributed by atoms with van der Waals surface area (Å²) in [5.74, 6) is 1.42. The van der Waals surface area contributed by atoms with Crippen molar-refractivity contribution in [2.45, 2.75) is 13.0 Å². The van der Waals surface area contributed by atoms with Crippen LogP contribution in [0.25, 0.3) is 0 Å². The number of methoxy groups -OCH3 is 1. The van der Waals surface area contributed by atoms with Crippen molar-refractivity contribution in [2.75, 3.05) is 19.0 Å². The van der Waals surface area contributed by atoms with Gasteiger partial charge in [-0.2, -0.15) is 0 Å². The molecule has 0 aliphatic carbocycles. The van der Waals surface area contributed by atoms with Gasteiger partial charge in [0.15, 0.2) is 0 Å². The van der Waals surface area contributed by atoms with Gasteiger partial charge in [0.2, 0.25) is 0 Å². The smallest absolute Gasteiger partial charge is 0.251 e. The van der Waals surface area contributed by atoms with Gasteiger partial charge in [0.25, 0.3) is 5.91 Å². The molecule has 0 spiro atoms. The molecule has 2 N–H and O–H groups in total. The Kier molecular flexibility index (Phi) is 6.41. The van der Waals surface area contributed by atoms with Crippen LogP contribution in [0.1, 0.15) is 21.5 Å². The fourth-order valence-electron chi connectivity index (χ4n) is 2.71. The molecule has 0 atom stereocenters. The molecule has 3 aromatic rings. The van der Waals surface area contributed by atoms with Crippen LogP contribution >= 0.6 is 0 Å². The van der Waals surface area contributed by atoms with Crippen molar-refractivity contribution >= 4 is 11.7 Å². The normalized spacial score (nSPS) is 10.3. The Labute approximate surface area is 159 Å². The molecule has 0 radical (unpaired) electrons. The Hall–Kier alpha value is -3.34. The van der Waals surface area contributed by atoms with Crippen LogP contribution in [-0.2, 0) is 13.0 Å². The predicted octanol–water partition coefficient (Wildman–Crippen LogP) is 3.67. The number of hydrogen-bond donors (Lipinski definition) is 2. The lowest BCUT2D eigenvalue weighted by Crippen LogP contribution is -2.23. The van der Waals surface area contributed by atoms with Gasteiger partial charge in [-0.15, -0.1) is 0 Å². The molecule has 1 heterocycles. The molecule has 5 nitrogen and oxygen atoms in total. The van der Waals surface area contributed by atoms with Gasteiger partial charge in [-0.05, 0) is 41.8 Å². The van der Waals surface area contributed by atoms with E-state index in [1.807, 2.05) is 48.5 Å². The number of anilines is 1. The Bertz CT molecular complexity index is 881. The molecule has 2 aromatic carbocycles. The molecule has 0 aliphatic rings. The Morgan fingerprint density at radius 1 is 1.00 bits per heavy atom. The van der Waals surface area contributed by atoms with E-state index in [0.29, 0.717) is 17.9 Å². The van der Waals surface area contributed by atoms with Gasteiger partial charge in [0.05, 0.1) is 7.11 Å². The van der Waals surface area contributed by atoms with E-state index in [0.717, 1.165) is 24.3 Å². The van der Waals surface area contributed by atoms with Crippen molar-refractivity contribution in [3.8, 4) is 5.75 Å². The molecule has 27 heavy (non-hydrogen) atoms. The van der Waals surface area contributed by atoms with E-state index >= 15 is 0 Å². The lowest BCUT2D eigenvalue weighted by molar-refractivity contribution is 0.0951. The third-order valence-corrected chi connectivity index (χ3v) is 4.17. The summed E-state index contributed by atoms with van der Waals surface area (Å²) in [6, 6.07) is 21.3. The van der Waals surface area contributed by atoms with Crippen LogP contribution < -0.4 is 15.4 Å². The molecular weight excluding hydrogens is 338 g/mol. The van der Waals surface area contributed by atoms with Crippen LogP contribution in [0.15, 0.2) is 72.9 Å². The first-order valence-corrected chi connectivity index (χ1v) is 8.89. The molecule has 1 amide bonds. The number of ether oxygens (including phenoxy) is 1. The summed E-state index contributed by atoms with van der Waals surface area (Å²) in [7, 11) is 1.66. The highest BCUT2D eigenvalue weighted by Crippen LogP contribution is 2.13. The minimum atomic E-state index is -0.114. The van der Waals surface area contributed by atoms with E-state index in [1.165, 1.54) is 5.56 Å². The molecule has 5 heteroatoms. The van der Waals surface area contributed by atoms with Crippen LogP contribution in [-0.4, -0.2) is 24.5 Å². The number of benzene rings is 2. The maximum Gasteiger partial charge on any atom is 0.251 e. The van der Waals surface area contributed by atoms with Gasteiger partial charge in [-0.25, -0.2) is 4.98 Å². The third-order valence-electron chi connectivity index (χ3n) is 4.17. The van der Waals surface area contributed by atoms with Crippen molar-refractivity contribution in [2.24, 2.45) is 0 Å². The molecule has 0 saturated carbocycles. The minimum absolute atomic E-state index is 0.114. The fourth-order valence-corrected chi connectivity index (χ4v) is 2.71. The number of amides is 1. The van der Waals surface area contributed by atoms with Crippen molar-refractivity contribution in [1.82, 2.24) is 10.3 Å². The van der Waals surface area contributed by atoms with Crippen LogP contribution in [0.4, 0.5) is 5.82 Å². The summed E-state index contributed by atoms with van der Waals surface area (Å²) < 4.78 is 5.24. The van der Waals surface area contributed by atoms with Gasteiger partial charge >= 0.3 is 0 Å². The number of carbonyl (C=O) groups is 1. The van der Waals surface area contributed by atoms with E-state index in [1.54, 1.807) is 25.4 Å². The van der Waals surface area contributed by atoms with Gasteiger partial charge in [-0.3, -0.25) is 4.79 Å². The fraction of sp³-hybridized carbons (Fsp3) is 0.182. The summed E-state index contributed by atoms with van der Waals surface area (Å²) in [5, 5.41) is 6.20. The van der Waals surface area contributed by atoms with Gasteiger partial charge in [0.1, 0.15) is 11.6 Å². The number of rotatable bonds is 8. The monoisotopic (exact) mass is 361 g/mol. The maximum atomic E-state index is 12.4. The van der Waals surface area contributed by atoms with Crippen molar-refractivity contribution in [3.05, 3.63) is 89.6 Å².